The van der Waals surface area contributed by atoms with Gasteiger partial charge in [0.2, 0.25) is 0 Å². The molecule has 1 aromatic carbocycles. The molecule has 0 radical (unpaired) electrons. The average molecular weight is 267 g/mol. The summed E-state index contributed by atoms with van der Waals surface area (Å²) in [7, 11) is 0. The summed E-state index contributed by atoms with van der Waals surface area (Å²) in [6.07, 6.45) is 3.30. The Bertz CT molecular complexity index is 633. The van der Waals surface area contributed by atoms with Gasteiger partial charge in [-0.1, -0.05) is 41.2 Å². The predicted molar refractivity (Wildman–Crippen MR) is 78.4 cm³/mol. The SMILES string of the molecule is Cc1cc(C)cc(COc2cncc(C#CCO)c2)c1. The maximum Gasteiger partial charge on any atom is 0.139 e. The van der Waals surface area contributed by atoms with Crippen molar-refractivity contribution in [2.75, 3.05) is 6.61 Å². The minimum atomic E-state index is -0.159. The number of ether oxygens (including phenoxy) is 1. The number of hydrogen-bond acceptors (Lipinski definition) is 3. The van der Waals surface area contributed by atoms with Gasteiger partial charge in [0.15, 0.2) is 0 Å². The van der Waals surface area contributed by atoms with Crippen LogP contribution in [0.3, 0.4) is 0 Å². The lowest BCUT2D eigenvalue weighted by atomic mass is 10.1. The normalized spacial score (nSPS) is 9.75. The van der Waals surface area contributed by atoms with E-state index in [0.29, 0.717) is 12.4 Å². The highest BCUT2D eigenvalue weighted by molar-refractivity contribution is 5.37. The van der Waals surface area contributed by atoms with Crippen LogP contribution in [-0.2, 0) is 6.61 Å². The van der Waals surface area contributed by atoms with E-state index in [1.807, 2.05) is 6.07 Å². The van der Waals surface area contributed by atoms with Crippen molar-refractivity contribution in [1.82, 2.24) is 4.98 Å². The van der Waals surface area contributed by atoms with Crippen LogP contribution in [0.1, 0.15) is 22.3 Å². The van der Waals surface area contributed by atoms with E-state index in [2.05, 4.69) is 48.9 Å². The van der Waals surface area contributed by atoms with Crippen molar-refractivity contribution in [2.45, 2.75) is 20.5 Å². The Balaban J connectivity index is 2.07. The van der Waals surface area contributed by atoms with E-state index in [-0.39, 0.29) is 6.61 Å². The fourth-order valence-corrected chi connectivity index (χ4v) is 2.03. The van der Waals surface area contributed by atoms with E-state index >= 15 is 0 Å². The molecule has 0 unspecified atom stereocenters. The highest BCUT2D eigenvalue weighted by atomic mass is 16.5. The Morgan fingerprint density at radius 1 is 1.10 bits per heavy atom. The Morgan fingerprint density at radius 3 is 2.55 bits per heavy atom. The van der Waals surface area contributed by atoms with Crippen LogP contribution in [-0.4, -0.2) is 16.7 Å². The van der Waals surface area contributed by atoms with Crippen LogP contribution >= 0.6 is 0 Å². The molecule has 0 fully saturated rings. The third-order valence-electron chi connectivity index (χ3n) is 2.71. The Labute approximate surface area is 119 Å². The first-order chi connectivity index (χ1) is 9.67. The van der Waals surface area contributed by atoms with Crippen LogP contribution < -0.4 is 4.74 Å². The van der Waals surface area contributed by atoms with Crippen LogP contribution in [0.2, 0.25) is 0 Å². The predicted octanol–water partition coefficient (Wildman–Crippen LogP) is 2.62. The third-order valence-corrected chi connectivity index (χ3v) is 2.71. The number of benzene rings is 1. The average Bonchev–Trinajstić information content (AvgIpc) is 2.42. The van der Waals surface area contributed by atoms with E-state index < -0.39 is 0 Å². The number of rotatable bonds is 3. The summed E-state index contributed by atoms with van der Waals surface area (Å²) >= 11 is 0. The summed E-state index contributed by atoms with van der Waals surface area (Å²) < 4.78 is 5.73. The third kappa shape index (κ3) is 4.11. The first-order valence-corrected chi connectivity index (χ1v) is 6.42. The number of aromatic nitrogens is 1. The van der Waals surface area contributed by atoms with E-state index in [1.165, 1.54) is 11.1 Å². The zero-order chi connectivity index (χ0) is 14.4. The molecule has 0 bridgehead atoms. The molecule has 0 atom stereocenters. The largest absolute Gasteiger partial charge is 0.487 e. The Morgan fingerprint density at radius 2 is 1.85 bits per heavy atom. The smallest absolute Gasteiger partial charge is 0.139 e. The fraction of sp³-hybridized carbons (Fsp3) is 0.235. The van der Waals surface area contributed by atoms with Gasteiger partial charge in [0.25, 0.3) is 0 Å². The molecule has 1 aromatic heterocycles. The number of aryl methyl sites for hydroxylation is 2. The molecule has 0 saturated heterocycles. The number of hydrogen-bond donors (Lipinski definition) is 1. The van der Waals surface area contributed by atoms with Crippen molar-refractivity contribution in [3.63, 3.8) is 0 Å². The topological polar surface area (TPSA) is 42.4 Å². The second-order valence-electron chi connectivity index (χ2n) is 4.65. The maximum absolute atomic E-state index is 8.68. The van der Waals surface area contributed by atoms with Gasteiger partial charge in [-0.3, -0.25) is 4.98 Å². The molecule has 2 aromatic rings. The highest BCUT2D eigenvalue weighted by Crippen LogP contribution is 2.15. The van der Waals surface area contributed by atoms with Crippen LogP contribution in [0.5, 0.6) is 5.75 Å². The highest BCUT2D eigenvalue weighted by Gasteiger charge is 1.99. The van der Waals surface area contributed by atoms with E-state index in [1.54, 1.807) is 12.4 Å². The molecular weight excluding hydrogens is 250 g/mol. The molecule has 20 heavy (non-hydrogen) atoms. The molecule has 0 aliphatic rings. The molecule has 3 heteroatoms. The summed E-state index contributed by atoms with van der Waals surface area (Å²) in [4.78, 5) is 4.08. The molecule has 1 N–H and O–H groups in total. The summed E-state index contributed by atoms with van der Waals surface area (Å²) in [6, 6.07) is 8.17. The van der Waals surface area contributed by atoms with Crippen LogP contribution in [0, 0.1) is 25.7 Å². The second kappa shape index (κ2) is 6.74. The standard InChI is InChI=1S/C17H17NO2/c1-13-6-14(2)8-16(7-13)12-20-17-9-15(4-3-5-19)10-18-11-17/h6-11,19H,5,12H2,1-2H3. The Hall–Kier alpha value is -2.31. The summed E-state index contributed by atoms with van der Waals surface area (Å²) in [5.41, 5.74) is 4.32. The van der Waals surface area contributed by atoms with Crippen LogP contribution in [0.4, 0.5) is 0 Å². The number of aliphatic hydroxyl groups is 1. The van der Waals surface area contributed by atoms with E-state index in [4.69, 9.17) is 9.84 Å². The number of aliphatic hydroxyl groups excluding tert-OH is 1. The van der Waals surface area contributed by atoms with Crippen molar-refractivity contribution in [3.8, 4) is 17.6 Å². The van der Waals surface area contributed by atoms with Gasteiger partial charge in [0, 0.05) is 11.8 Å². The molecule has 0 amide bonds. The Kier molecular flexibility index (Phi) is 4.75. The molecular formula is C17H17NO2. The van der Waals surface area contributed by atoms with E-state index in [0.717, 1.165) is 11.1 Å². The molecule has 3 nitrogen and oxygen atoms in total. The molecule has 0 aliphatic heterocycles. The molecule has 0 saturated carbocycles. The quantitative estimate of drug-likeness (QED) is 0.869. The number of pyridine rings is 1. The lowest BCUT2D eigenvalue weighted by Crippen LogP contribution is -1.97. The van der Waals surface area contributed by atoms with Gasteiger partial charge >= 0.3 is 0 Å². The van der Waals surface area contributed by atoms with E-state index in [9.17, 15) is 0 Å². The monoisotopic (exact) mass is 267 g/mol. The van der Waals surface area contributed by atoms with Crippen molar-refractivity contribution in [2.24, 2.45) is 0 Å². The molecule has 0 aliphatic carbocycles. The fourth-order valence-electron chi connectivity index (χ4n) is 2.03. The first-order valence-electron chi connectivity index (χ1n) is 6.42. The van der Waals surface area contributed by atoms with Crippen LogP contribution in [0.15, 0.2) is 36.7 Å². The zero-order valence-electron chi connectivity index (χ0n) is 11.7. The van der Waals surface area contributed by atoms with Crippen molar-refractivity contribution in [3.05, 3.63) is 58.9 Å². The maximum atomic E-state index is 8.68. The number of nitrogens with zero attached hydrogens (tertiary/aromatic N) is 1. The molecule has 0 spiro atoms. The van der Waals surface area contributed by atoms with Crippen molar-refractivity contribution >= 4 is 0 Å². The van der Waals surface area contributed by atoms with Crippen molar-refractivity contribution in [1.29, 1.82) is 0 Å². The lowest BCUT2D eigenvalue weighted by Gasteiger charge is -2.08. The van der Waals surface area contributed by atoms with Gasteiger partial charge in [-0.15, -0.1) is 0 Å². The minimum absolute atomic E-state index is 0.159. The van der Waals surface area contributed by atoms with Gasteiger partial charge < -0.3 is 9.84 Å². The molecule has 2 rings (SSSR count). The van der Waals surface area contributed by atoms with Crippen molar-refractivity contribution < 1.29 is 9.84 Å². The van der Waals surface area contributed by atoms with Gasteiger partial charge in [0.05, 0.1) is 6.20 Å². The van der Waals surface area contributed by atoms with Gasteiger partial charge in [-0.05, 0) is 25.5 Å². The van der Waals surface area contributed by atoms with Gasteiger partial charge in [-0.25, -0.2) is 0 Å². The lowest BCUT2D eigenvalue weighted by molar-refractivity contribution is 0.304. The summed E-state index contributed by atoms with van der Waals surface area (Å²) in [6.45, 7) is 4.49. The molecule has 1 heterocycles. The zero-order valence-corrected chi connectivity index (χ0v) is 11.7. The van der Waals surface area contributed by atoms with Crippen LogP contribution in [0.25, 0.3) is 0 Å². The van der Waals surface area contributed by atoms with Gasteiger partial charge in [0.1, 0.15) is 19.0 Å². The second-order valence-corrected chi connectivity index (χ2v) is 4.65. The summed E-state index contributed by atoms with van der Waals surface area (Å²) in [5, 5.41) is 8.68. The summed E-state index contributed by atoms with van der Waals surface area (Å²) in [5.74, 6) is 6.07. The van der Waals surface area contributed by atoms with Gasteiger partial charge in [-0.2, -0.15) is 0 Å². The first kappa shape index (κ1) is 14.1. The molecule has 102 valence electrons. The minimum Gasteiger partial charge on any atom is -0.487 e.